The second kappa shape index (κ2) is 16.8. The van der Waals surface area contributed by atoms with Crippen LogP contribution in [0, 0.1) is 5.53 Å². The van der Waals surface area contributed by atoms with Gasteiger partial charge >= 0.3 is 12.2 Å². The lowest BCUT2D eigenvalue weighted by Crippen LogP contribution is -2.57. The summed E-state index contributed by atoms with van der Waals surface area (Å²) in [5.74, 6) is -2.86. The molecule has 228 valence electrons. The Morgan fingerprint density at radius 1 is 1.02 bits per heavy atom. The first-order chi connectivity index (χ1) is 19.9. The van der Waals surface area contributed by atoms with Crippen LogP contribution in [0.15, 0.2) is 24.3 Å². The zero-order chi connectivity index (χ0) is 31.2. The van der Waals surface area contributed by atoms with Crippen LogP contribution in [-0.4, -0.2) is 82.1 Å². The Bertz CT molecular complexity index is 1210. The fourth-order valence-corrected chi connectivity index (χ4v) is 4.62. The summed E-state index contributed by atoms with van der Waals surface area (Å²) < 4.78 is 5.26. The van der Waals surface area contributed by atoms with Gasteiger partial charge in [-0.25, -0.2) is 4.79 Å². The minimum absolute atomic E-state index is 0.0944. The highest BCUT2D eigenvalue weighted by Crippen LogP contribution is 2.24. The highest BCUT2D eigenvalue weighted by molar-refractivity contribution is 6.25. The zero-order valence-electron chi connectivity index (χ0n) is 24.6. The molecule has 0 aromatic heterocycles. The molecule has 1 aliphatic rings. The Balaban J connectivity index is 2.24. The summed E-state index contributed by atoms with van der Waals surface area (Å²) in [7, 11) is 0. The topological polar surface area (TPSA) is 189 Å². The van der Waals surface area contributed by atoms with Crippen molar-refractivity contribution in [2.75, 3.05) is 6.54 Å². The number of benzene rings is 1. The number of amides is 4. The fraction of sp³-hybridized carbons (Fsp3) is 0.552. The van der Waals surface area contributed by atoms with Gasteiger partial charge in [-0.1, -0.05) is 24.3 Å². The Hall–Kier alpha value is -4.38. The van der Waals surface area contributed by atoms with E-state index in [0.29, 0.717) is 19.4 Å². The highest BCUT2D eigenvalue weighted by Gasteiger charge is 2.36. The number of rotatable bonds is 15. The van der Waals surface area contributed by atoms with Crippen LogP contribution in [0.3, 0.4) is 0 Å². The third kappa shape index (κ3) is 10.9. The first-order valence-corrected chi connectivity index (χ1v) is 14.0. The van der Waals surface area contributed by atoms with E-state index in [0.717, 1.165) is 17.3 Å². The number of nitrogens with one attached hydrogen (secondary N) is 4. The quantitative estimate of drug-likeness (QED) is 0.0771. The standard InChI is InChI=1S/C29H40N6O7/c1-18(2)42-29(41)25(13-12-23(38)16-32-30)34-27(39)24(11-7-8-14-31-19(3)36)33-28(40)26-15-21-9-5-6-10-22(21)17-35(26)20(4)37/h5-6,9-10,16,18,24-26,30H,7-8,11-15,17H2,1-4H3,(H2-,31,33,34,36,39,40)/p+1/t24-,25-,26-/m0/s1. The summed E-state index contributed by atoms with van der Waals surface area (Å²) in [6.45, 7) is 6.73. The number of nitrogens with zero attached hydrogens (tertiary/aromatic N) is 2. The van der Waals surface area contributed by atoms with Crippen molar-refractivity contribution in [3.8, 4) is 0 Å². The molecule has 1 heterocycles. The van der Waals surface area contributed by atoms with Gasteiger partial charge in [-0.2, -0.15) is 0 Å². The molecule has 0 saturated heterocycles. The van der Waals surface area contributed by atoms with Gasteiger partial charge < -0.3 is 25.6 Å². The molecule has 0 radical (unpaired) electrons. The van der Waals surface area contributed by atoms with Crippen molar-refractivity contribution >= 4 is 41.6 Å². The van der Waals surface area contributed by atoms with E-state index in [-0.39, 0.29) is 44.0 Å². The summed E-state index contributed by atoms with van der Waals surface area (Å²) >= 11 is 0. The average Bonchev–Trinajstić information content (AvgIpc) is 2.92. The SMILES string of the molecule is CC(=O)NCCCC[C@H](NC(=O)[C@@H]1Cc2ccccc2CN1C(C)=O)C(=O)N[C@@H](CCC(=O)C=[N+]=N)C(=O)OC(C)C. The van der Waals surface area contributed by atoms with Crippen molar-refractivity contribution in [3.05, 3.63) is 35.4 Å². The summed E-state index contributed by atoms with van der Waals surface area (Å²) in [5.41, 5.74) is 8.69. The highest BCUT2D eigenvalue weighted by atomic mass is 16.5. The molecule has 13 nitrogen and oxygen atoms in total. The third-order valence-electron chi connectivity index (χ3n) is 6.72. The van der Waals surface area contributed by atoms with E-state index in [4.69, 9.17) is 10.3 Å². The second-order valence-corrected chi connectivity index (χ2v) is 10.5. The van der Waals surface area contributed by atoms with Gasteiger partial charge in [-0.05, 0) is 50.7 Å². The molecule has 13 heteroatoms. The number of ketones is 1. The lowest BCUT2D eigenvalue weighted by atomic mass is 9.93. The van der Waals surface area contributed by atoms with Gasteiger partial charge in [0.25, 0.3) is 0 Å². The number of hydrogen-bond acceptors (Lipinski definition) is 8. The van der Waals surface area contributed by atoms with Gasteiger partial charge in [0.15, 0.2) is 0 Å². The van der Waals surface area contributed by atoms with Crippen LogP contribution in [0.25, 0.3) is 0 Å². The maximum Gasteiger partial charge on any atom is 0.372 e. The van der Waals surface area contributed by atoms with Gasteiger partial charge in [0, 0.05) is 39.8 Å². The minimum atomic E-state index is -1.18. The normalized spacial score (nSPS) is 15.4. The summed E-state index contributed by atoms with van der Waals surface area (Å²) in [5, 5.41) is 8.07. The van der Waals surface area contributed by atoms with E-state index in [2.05, 4.69) is 20.7 Å². The van der Waals surface area contributed by atoms with Crippen LogP contribution < -0.4 is 16.0 Å². The number of esters is 1. The molecule has 0 unspecified atom stereocenters. The van der Waals surface area contributed by atoms with Crippen molar-refractivity contribution in [1.29, 1.82) is 5.53 Å². The van der Waals surface area contributed by atoms with Crippen LogP contribution in [0.2, 0.25) is 0 Å². The van der Waals surface area contributed by atoms with E-state index in [9.17, 15) is 28.8 Å². The van der Waals surface area contributed by atoms with Crippen LogP contribution in [-0.2, 0) is 46.5 Å². The molecule has 4 amide bonds. The Morgan fingerprint density at radius 2 is 1.71 bits per heavy atom. The predicted molar refractivity (Wildman–Crippen MR) is 151 cm³/mol. The third-order valence-corrected chi connectivity index (χ3v) is 6.72. The van der Waals surface area contributed by atoms with Crippen molar-refractivity contribution in [2.45, 2.75) is 97.0 Å². The number of carbonyl (C=O) groups is 6. The second-order valence-electron chi connectivity index (χ2n) is 10.5. The maximum atomic E-state index is 13.6. The van der Waals surface area contributed by atoms with Gasteiger partial charge in [-0.15, -0.1) is 0 Å². The van der Waals surface area contributed by atoms with Crippen molar-refractivity contribution < 1.29 is 38.3 Å². The van der Waals surface area contributed by atoms with E-state index in [1.54, 1.807) is 13.8 Å². The van der Waals surface area contributed by atoms with E-state index in [1.165, 1.54) is 18.7 Å². The van der Waals surface area contributed by atoms with Gasteiger partial charge in [-0.3, -0.25) is 24.0 Å². The van der Waals surface area contributed by atoms with Crippen molar-refractivity contribution in [2.24, 2.45) is 0 Å². The molecule has 0 spiro atoms. The predicted octanol–water partition coefficient (Wildman–Crippen LogP) is 0.847. The smallest absolute Gasteiger partial charge is 0.372 e. The Morgan fingerprint density at radius 3 is 2.33 bits per heavy atom. The molecule has 1 aromatic rings. The number of hydrogen-bond donors (Lipinski definition) is 4. The Kier molecular flexibility index (Phi) is 13.5. The first-order valence-electron chi connectivity index (χ1n) is 14.0. The molecule has 42 heavy (non-hydrogen) atoms. The summed E-state index contributed by atoms with van der Waals surface area (Å²) in [6.07, 6.45) is 1.55. The molecule has 4 N–H and O–H groups in total. The molecule has 0 aliphatic carbocycles. The van der Waals surface area contributed by atoms with Crippen molar-refractivity contribution in [1.82, 2.24) is 20.9 Å². The number of Topliss-reactive ketones (excluding diaryl/α,β-unsaturated/α-hetero) is 1. The summed E-state index contributed by atoms with van der Waals surface area (Å²) in [4.78, 5) is 79.8. The number of carbonyl (C=O) groups excluding carboxylic acids is 6. The zero-order valence-corrected chi connectivity index (χ0v) is 24.6. The molecule has 0 fully saturated rings. The molecule has 0 bridgehead atoms. The molecule has 2 rings (SSSR count). The van der Waals surface area contributed by atoms with Crippen LogP contribution in [0.1, 0.15) is 70.9 Å². The molecule has 3 atom stereocenters. The van der Waals surface area contributed by atoms with E-state index in [1.807, 2.05) is 24.3 Å². The average molecular weight is 586 g/mol. The number of unbranched alkanes of at least 4 members (excludes halogenated alkanes) is 1. The van der Waals surface area contributed by atoms with Gasteiger partial charge in [0.05, 0.1) is 16.4 Å². The monoisotopic (exact) mass is 585 g/mol. The van der Waals surface area contributed by atoms with E-state index >= 15 is 0 Å². The lowest BCUT2D eigenvalue weighted by Gasteiger charge is -2.36. The van der Waals surface area contributed by atoms with Crippen LogP contribution in [0.5, 0.6) is 0 Å². The minimum Gasteiger partial charge on any atom is -0.461 e. The largest absolute Gasteiger partial charge is 0.461 e. The van der Waals surface area contributed by atoms with E-state index < -0.39 is 47.8 Å². The fourth-order valence-electron chi connectivity index (χ4n) is 4.62. The molecule has 0 saturated carbocycles. The van der Waals surface area contributed by atoms with Crippen LogP contribution >= 0.6 is 0 Å². The van der Waals surface area contributed by atoms with Crippen LogP contribution in [0.4, 0.5) is 0 Å². The first kappa shape index (κ1) is 33.8. The number of fused-ring (bicyclic) bond motifs is 1. The number of ether oxygens (including phenoxy) is 1. The van der Waals surface area contributed by atoms with Crippen molar-refractivity contribution in [3.63, 3.8) is 0 Å². The molecular weight excluding hydrogens is 544 g/mol. The molecular formula is C29H41N6O7+. The molecule has 1 aromatic carbocycles. The lowest BCUT2D eigenvalue weighted by molar-refractivity contribution is -0.152. The molecule has 1 aliphatic heterocycles. The summed E-state index contributed by atoms with van der Waals surface area (Å²) in [6, 6.07) is 4.44. The van der Waals surface area contributed by atoms with Gasteiger partial charge in [0.1, 0.15) is 18.1 Å². The van der Waals surface area contributed by atoms with Gasteiger partial charge in [0.2, 0.25) is 29.4 Å². The Labute approximate surface area is 245 Å². The maximum absolute atomic E-state index is 13.6.